The van der Waals surface area contributed by atoms with Gasteiger partial charge in [0.2, 0.25) is 0 Å². The second kappa shape index (κ2) is 7.06. The third-order valence-corrected chi connectivity index (χ3v) is 4.12. The highest BCUT2D eigenvalue weighted by atomic mass is 16.2. The molecule has 0 bridgehead atoms. The number of urea groups is 1. The number of nitrogens with one attached hydrogen (secondary N) is 1. The summed E-state index contributed by atoms with van der Waals surface area (Å²) in [7, 11) is 0. The molecule has 1 saturated heterocycles. The minimum atomic E-state index is -0.359. The van der Waals surface area contributed by atoms with E-state index in [9.17, 15) is 9.59 Å². The molecule has 2 heterocycles. The van der Waals surface area contributed by atoms with Crippen molar-refractivity contribution < 1.29 is 9.59 Å². The molecule has 3 amide bonds. The molecule has 1 unspecified atom stereocenters. The monoisotopic (exact) mass is 290 g/mol. The maximum absolute atomic E-state index is 12.2. The van der Waals surface area contributed by atoms with Crippen LogP contribution in [0.15, 0.2) is 24.5 Å². The fraction of sp³-hybridized carbons (Fsp3) is 0.533. The highest BCUT2D eigenvalue weighted by Crippen LogP contribution is 2.22. The second-order valence-corrected chi connectivity index (χ2v) is 5.39. The van der Waals surface area contributed by atoms with E-state index in [1.54, 1.807) is 29.4 Å². The summed E-state index contributed by atoms with van der Waals surface area (Å²) in [6.07, 6.45) is 5.84. The van der Waals surface area contributed by atoms with Crippen molar-refractivity contribution in [2.24, 2.45) is 11.7 Å². The van der Waals surface area contributed by atoms with Gasteiger partial charge in [0.1, 0.15) is 0 Å². The van der Waals surface area contributed by atoms with E-state index in [0.717, 1.165) is 19.3 Å². The van der Waals surface area contributed by atoms with Crippen molar-refractivity contribution in [1.82, 2.24) is 15.2 Å². The lowest BCUT2D eigenvalue weighted by Gasteiger charge is -2.35. The molecule has 6 heteroatoms. The lowest BCUT2D eigenvalue weighted by Crippen LogP contribution is -2.47. The van der Waals surface area contributed by atoms with Gasteiger partial charge in [0.15, 0.2) is 0 Å². The van der Waals surface area contributed by atoms with Crippen molar-refractivity contribution >= 4 is 11.9 Å². The number of carbonyl (C=O) groups is 2. The van der Waals surface area contributed by atoms with Gasteiger partial charge in [0.05, 0.1) is 0 Å². The molecule has 1 atom stereocenters. The SMILES string of the molecule is CCC(NC(=O)c1ccncc1)C1CCN(C(N)=O)CC1. The van der Waals surface area contributed by atoms with E-state index in [4.69, 9.17) is 5.73 Å². The third kappa shape index (κ3) is 3.93. The van der Waals surface area contributed by atoms with Crippen LogP contribution in [0.1, 0.15) is 36.5 Å². The number of amides is 3. The van der Waals surface area contributed by atoms with Gasteiger partial charge in [-0.15, -0.1) is 0 Å². The Morgan fingerprint density at radius 3 is 2.52 bits per heavy atom. The molecule has 21 heavy (non-hydrogen) atoms. The average molecular weight is 290 g/mol. The lowest BCUT2D eigenvalue weighted by molar-refractivity contribution is 0.0898. The van der Waals surface area contributed by atoms with Gasteiger partial charge in [-0.1, -0.05) is 6.92 Å². The molecule has 1 aliphatic heterocycles. The molecule has 0 spiro atoms. The van der Waals surface area contributed by atoms with Gasteiger partial charge in [-0.25, -0.2) is 4.79 Å². The number of likely N-dealkylation sites (tertiary alicyclic amines) is 1. The number of primary amides is 1. The molecule has 2 rings (SSSR count). The number of aromatic nitrogens is 1. The summed E-state index contributed by atoms with van der Waals surface area (Å²) in [4.78, 5) is 28.9. The number of rotatable bonds is 4. The van der Waals surface area contributed by atoms with Crippen molar-refractivity contribution in [2.45, 2.75) is 32.2 Å². The van der Waals surface area contributed by atoms with Crippen LogP contribution < -0.4 is 11.1 Å². The van der Waals surface area contributed by atoms with Gasteiger partial charge in [-0.3, -0.25) is 9.78 Å². The topological polar surface area (TPSA) is 88.3 Å². The van der Waals surface area contributed by atoms with Crippen LogP contribution in [0, 0.1) is 5.92 Å². The first-order valence-electron chi connectivity index (χ1n) is 7.37. The Kier molecular flexibility index (Phi) is 5.14. The summed E-state index contributed by atoms with van der Waals surface area (Å²) in [5.41, 5.74) is 5.91. The number of hydrogen-bond donors (Lipinski definition) is 2. The van der Waals surface area contributed by atoms with Crippen molar-refractivity contribution in [3.8, 4) is 0 Å². The van der Waals surface area contributed by atoms with Crippen molar-refractivity contribution in [2.75, 3.05) is 13.1 Å². The van der Waals surface area contributed by atoms with Gasteiger partial charge < -0.3 is 16.0 Å². The zero-order valence-electron chi connectivity index (χ0n) is 12.3. The van der Waals surface area contributed by atoms with Crippen molar-refractivity contribution in [3.63, 3.8) is 0 Å². The van der Waals surface area contributed by atoms with Gasteiger partial charge >= 0.3 is 6.03 Å². The Balaban J connectivity index is 1.92. The third-order valence-electron chi connectivity index (χ3n) is 4.12. The van der Waals surface area contributed by atoms with E-state index in [1.165, 1.54) is 0 Å². The Morgan fingerprint density at radius 2 is 2.00 bits per heavy atom. The van der Waals surface area contributed by atoms with E-state index in [2.05, 4.69) is 17.2 Å². The summed E-state index contributed by atoms with van der Waals surface area (Å²) in [5.74, 6) is 0.318. The lowest BCUT2D eigenvalue weighted by atomic mass is 9.88. The molecular formula is C15H22N4O2. The molecule has 1 fully saturated rings. The number of nitrogens with two attached hydrogens (primary N) is 1. The fourth-order valence-electron chi connectivity index (χ4n) is 2.83. The zero-order chi connectivity index (χ0) is 15.2. The van der Waals surface area contributed by atoms with Gasteiger partial charge in [0.25, 0.3) is 5.91 Å². The van der Waals surface area contributed by atoms with Gasteiger partial charge in [0, 0.05) is 37.1 Å². The standard InChI is InChI=1S/C15H22N4O2/c1-2-13(11-5-9-19(10-6-11)15(16)21)18-14(20)12-3-7-17-8-4-12/h3-4,7-8,11,13H,2,5-6,9-10H2,1H3,(H2,16,21)(H,18,20). The van der Waals surface area contributed by atoms with Gasteiger partial charge in [-0.2, -0.15) is 0 Å². The molecule has 0 saturated carbocycles. The first-order chi connectivity index (χ1) is 10.1. The summed E-state index contributed by atoms with van der Waals surface area (Å²) in [6, 6.07) is 3.18. The molecule has 6 nitrogen and oxygen atoms in total. The molecule has 114 valence electrons. The molecule has 0 aromatic carbocycles. The normalized spacial score (nSPS) is 17.3. The minimum Gasteiger partial charge on any atom is -0.351 e. The Morgan fingerprint density at radius 1 is 1.38 bits per heavy atom. The molecule has 0 radical (unpaired) electrons. The quantitative estimate of drug-likeness (QED) is 0.878. The molecule has 3 N–H and O–H groups in total. The number of piperidine rings is 1. The second-order valence-electron chi connectivity index (χ2n) is 5.39. The molecule has 1 aliphatic rings. The molecule has 0 aliphatic carbocycles. The van der Waals surface area contributed by atoms with E-state index in [-0.39, 0.29) is 18.0 Å². The van der Waals surface area contributed by atoms with E-state index < -0.39 is 0 Å². The van der Waals surface area contributed by atoms with Gasteiger partial charge in [-0.05, 0) is 37.3 Å². The molecular weight excluding hydrogens is 268 g/mol. The number of pyridine rings is 1. The maximum Gasteiger partial charge on any atom is 0.314 e. The van der Waals surface area contributed by atoms with E-state index in [0.29, 0.717) is 24.6 Å². The van der Waals surface area contributed by atoms with Crippen LogP contribution in [0.2, 0.25) is 0 Å². The fourth-order valence-corrected chi connectivity index (χ4v) is 2.83. The predicted molar refractivity (Wildman–Crippen MR) is 79.7 cm³/mol. The van der Waals surface area contributed by atoms with Crippen LogP contribution in [0.4, 0.5) is 4.79 Å². The van der Waals surface area contributed by atoms with Crippen LogP contribution in [0.3, 0.4) is 0 Å². The number of carbonyl (C=O) groups excluding carboxylic acids is 2. The van der Waals surface area contributed by atoms with E-state index in [1.807, 2.05) is 0 Å². The Bertz CT molecular complexity index is 484. The first kappa shape index (κ1) is 15.3. The van der Waals surface area contributed by atoms with Crippen LogP contribution in [0.25, 0.3) is 0 Å². The highest BCUT2D eigenvalue weighted by Gasteiger charge is 2.27. The first-order valence-corrected chi connectivity index (χ1v) is 7.37. The smallest absolute Gasteiger partial charge is 0.314 e. The molecule has 1 aromatic rings. The Labute approximate surface area is 124 Å². The maximum atomic E-state index is 12.2. The number of nitrogens with zero attached hydrogens (tertiary/aromatic N) is 2. The minimum absolute atomic E-state index is 0.0680. The van der Waals surface area contributed by atoms with Crippen LogP contribution in [0.5, 0.6) is 0 Å². The van der Waals surface area contributed by atoms with Crippen molar-refractivity contribution in [1.29, 1.82) is 0 Å². The van der Waals surface area contributed by atoms with Crippen LogP contribution >= 0.6 is 0 Å². The summed E-state index contributed by atoms with van der Waals surface area (Å²) >= 11 is 0. The Hall–Kier alpha value is -2.11. The predicted octanol–water partition coefficient (Wildman–Crippen LogP) is 1.38. The molecule has 1 aromatic heterocycles. The number of hydrogen-bond acceptors (Lipinski definition) is 3. The largest absolute Gasteiger partial charge is 0.351 e. The van der Waals surface area contributed by atoms with Crippen LogP contribution in [-0.4, -0.2) is 41.0 Å². The van der Waals surface area contributed by atoms with Crippen LogP contribution in [-0.2, 0) is 0 Å². The van der Waals surface area contributed by atoms with E-state index >= 15 is 0 Å². The zero-order valence-corrected chi connectivity index (χ0v) is 12.3. The summed E-state index contributed by atoms with van der Waals surface area (Å²) in [5, 5.41) is 3.10. The summed E-state index contributed by atoms with van der Waals surface area (Å²) < 4.78 is 0. The highest BCUT2D eigenvalue weighted by molar-refractivity contribution is 5.94. The average Bonchev–Trinajstić information content (AvgIpc) is 2.53. The van der Waals surface area contributed by atoms with Crippen molar-refractivity contribution in [3.05, 3.63) is 30.1 Å². The summed E-state index contributed by atoms with van der Waals surface area (Å²) in [6.45, 7) is 3.40.